The summed E-state index contributed by atoms with van der Waals surface area (Å²) in [5.41, 5.74) is -1.23. The Kier molecular flexibility index (Phi) is 9.38. The molecular formula is C28H32O17. The van der Waals surface area contributed by atoms with Crippen LogP contribution in [0.5, 0.6) is 28.7 Å². The smallest absolute Gasteiger partial charge is 0.239 e. The Hall–Kier alpha value is -3.75. The molecule has 10 atom stereocenters. The van der Waals surface area contributed by atoms with E-state index in [1.807, 2.05) is 0 Å². The van der Waals surface area contributed by atoms with E-state index in [0.717, 1.165) is 12.1 Å². The Labute approximate surface area is 252 Å². The van der Waals surface area contributed by atoms with Crippen LogP contribution in [-0.2, 0) is 9.47 Å². The molecular weight excluding hydrogens is 608 g/mol. The van der Waals surface area contributed by atoms with E-state index in [1.54, 1.807) is 0 Å². The van der Waals surface area contributed by atoms with Crippen LogP contribution in [0.1, 0.15) is 0 Å². The second kappa shape index (κ2) is 12.9. The van der Waals surface area contributed by atoms with E-state index < -0.39 is 103 Å². The van der Waals surface area contributed by atoms with Crippen LogP contribution in [0.4, 0.5) is 0 Å². The lowest BCUT2D eigenvalue weighted by atomic mass is 9.99. The van der Waals surface area contributed by atoms with Gasteiger partial charge in [0.15, 0.2) is 17.3 Å². The molecule has 17 nitrogen and oxygen atoms in total. The molecule has 2 fully saturated rings. The Balaban J connectivity index is 1.58. The molecule has 10 N–H and O–H groups in total. The third-order valence-electron chi connectivity index (χ3n) is 7.52. The molecule has 2 aliphatic heterocycles. The van der Waals surface area contributed by atoms with E-state index in [4.69, 9.17) is 28.1 Å². The summed E-state index contributed by atoms with van der Waals surface area (Å²) in [4.78, 5) is 13.7. The molecule has 0 radical (unpaired) electrons. The van der Waals surface area contributed by atoms with Crippen LogP contribution in [0.2, 0.25) is 0 Å². The van der Waals surface area contributed by atoms with Crippen molar-refractivity contribution >= 4 is 11.0 Å². The van der Waals surface area contributed by atoms with Gasteiger partial charge in [0.05, 0.1) is 20.3 Å². The fourth-order valence-electron chi connectivity index (χ4n) is 5.04. The van der Waals surface area contributed by atoms with Crippen molar-refractivity contribution in [1.82, 2.24) is 0 Å². The number of fused-ring (bicyclic) bond motifs is 1. The molecule has 17 heteroatoms. The summed E-state index contributed by atoms with van der Waals surface area (Å²) < 4.78 is 33.4. The number of aliphatic hydroxyl groups excluding tert-OH is 8. The zero-order valence-corrected chi connectivity index (χ0v) is 23.4. The van der Waals surface area contributed by atoms with Crippen molar-refractivity contribution in [3.8, 4) is 40.1 Å². The van der Waals surface area contributed by atoms with Crippen molar-refractivity contribution in [3.63, 3.8) is 0 Å². The quantitative estimate of drug-likeness (QED) is 0.119. The Morgan fingerprint density at radius 3 is 1.87 bits per heavy atom. The number of phenols is 2. The largest absolute Gasteiger partial charge is 0.508 e. The van der Waals surface area contributed by atoms with Crippen molar-refractivity contribution in [3.05, 3.63) is 40.6 Å². The highest BCUT2D eigenvalue weighted by Crippen LogP contribution is 2.40. The van der Waals surface area contributed by atoms with Gasteiger partial charge in [-0.1, -0.05) is 0 Å². The highest BCUT2D eigenvalue weighted by molar-refractivity contribution is 5.88. The predicted octanol–water partition coefficient (Wildman–Crippen LogP) is -2.76. The molecule has 3 aromatic rings. The first kappa shape index (κ1) is 32.6. The van der Waals surface area contributed by atoms with Gasteiger partial charge in [-0.15, -0.1) is 0 Å². The van der Waals surface area contributed by atoms with Gasteiger partial charge in [0.1, 0.15) is 71.3 Å². The van der Waals surface area contributed by atoms with E-state index in [-0.39, 0.29) is 28.4 Å². The molecule has 246 valence electrons. The van der Waals surface area contributed by atoms with Crippen molar-refractivity contribution in [2.24, 2.45) is 0 Å². The minimum atomic E-state index is -1.91. The van der Waals surface area contributed by atoms with Crippen LogP contribution in [0, 0.1) is 0 Å². The molecule has 0 saturated carbocycles. The van der Waals surface area contributed by atoms with Crippen LogP contribution < -0.4 is 19.6 Å². The molecule has 0 amide bonds. The van der Waals surface area contributed by atoms with Crippen molar-refractivity contribution in [1.29, 1.82) is 0 Å². The zero-order chi connectivity index (χ0) is 32.7. The molecule has 0 unspecified atom stereocenters. The van der Waals surface area contributed by atoms with Crippen LogP contribution in [0.15, 0.2) is 39.5 Å². The van der Waals surface area contributed by atoms with E-state index in [0.29, 0.717) is 0 Å². The van der Waals surface area contributed by atoms with Crippen LogP contribution in [0.3, 0.4) is 0 Å². The zero-order valence-electron chi connectivity index (χ0n) is 23.4. The number of phenolic OH excluding ortho intramolecular Hbond substituents is 2. The molecule has 2 saturated heterocycles. The molecule has 0 bridgehead atoms. The van der Waals surface area contributed by atoms with E-state index in [9.17, 15) is 55.9 Å². The second-order valence-corrected chi connectivity index (χ2v) is 10.4. The SMILES string of the molecule is COc1cc(-c2oc3cc(O)cc(O)c3c(=O)c2O[C@@H]2O[C@@H](CO)[C@@H](O)[C@@H](O)[C@H]2O)ccc1O[C@@H]1O[C@@H](CO)[C@@H](O)[C@@H](O)[C@@H]1O. The number of hydrogen-bond donors (Lipinski definition) is 10. The normalized spacial score (nSPS) is 31.9. The summed E-state index contributed by atoms with van der Waals surface area (Å²) in [6, 6.07) is 5.83. The maximum absolute atomic E-state index is 13.7. The topological polar surface area (TPSA) is 279 Å². The van der Waals surface area contributed by atoms with Gasteiger partial charge in [-0.3, -0.25) is 4.79 Å². The monoisotopic (exact) mass is 640 g/mol. The Morgan fingerprint density at radius 1 is 0.733 bits per heavy atom. The van der Waals surface area contributed by atoms with Gasteiger partial charge in [0.25, 0.3) is 0 Å². The number of aliphatic hydroxyl groups is 8. The average Bonchev–Trinajstić information content (AvgIpc) is 3.02. The fraction of sp³-hybridized carbons (Fsp3) is 0.464. The van der Waals surface area contributed by atoms with Gasteiger partial charge in [-0.2, -0.15) is 0 Å². The molecule has 2 aromatic carbocycles. The predicted molar refractivity (Wildman–Crippen MR) is 147 cm³/mol. The first-order valence-corrected chi connectivity index (χ1v) is 13.6. The van der Waals surface area contributed by atoms with Crippen molar-refractivity contribution in [2.45, 2.75) is 61.4 Å². The lowest BCUT2D eigenvalue weighted by Crippen LogP contribution is -2.60. The summed E-state index contributed by atoms with van der Waals surface area (Å²) in [6.07, 6.45) is -16.6. The minimum Gasteiger partial charge on any atom is -0.508 e. The number of aromatic hydroxyl groups is 2. The summed E-state index contributed by atoms with van der Waals surface area (Å²) in [6.45, 7) is -1.47. The molecule has 1 aromatic heterocycles. The Bertz CT molecular complexity index is 1570. The molecule has 3 heterocycles. The third kappa shape index (κ3) is 5.98. The van der Waals surface area contributed by atoms with E-state index in [1.165, 1.54) is 25.3 Å². The van der Waals surface area contributed by atoms with Crippen LogP contribution in [-0.4, -0.2) is 133 Å². The Morgan fingerprint density at radius 2 is 1.31 bits per heavy atom. The first-order chi connectivity index (χ1) is 21.4. The summed E-state index contributed by atoms with van der Waals surface area (Å²) in [7, 11) is 1.25. The summed E-state index contributed by atoms with van der Waals surface area (Å²) >= 11 is 0. The highest BCUT2D eigenvalue weighted by atomic mass is 16.7. The lowest BCUT2D eigenvalue weighted by Gasteiger charge is -2.39. The maximum Gasteiger partial charge on any atom is 0.239 e. The molecule has 0 spiro atoms. The molecule has 5 rings (SSSR count). The first-order valence-electron chi connectivity index (χ1n) is 13.6. The lowest BCUT2D eigenvalue weighted by molar-refractivity contribution is -0.277. The molecule has 0 aliphatic carbocycles. The van der Waals surface area contributed by atoms with Gasteiger partial charge in [-0.05, 0) is 18.2 Å². The van der Waals surface area contributed by atoms with Crippen LogP contribution in [0.25, 0.3) is 22.3 Å². The summed E-state index contributed by atoms with van der Waals surface area (Å²) in [5.74, 6) is -2.25. The number of methoxy groups -OCH3 is 1. The highest BCUT2D eigenvalue weighted by Gasteiger charge is 2.46. The number of ether oxygens (including phenoxy) is 5. The van der Waals surface area contributed by atoms with E-state index in [2.05, 4.69) is 0 Å². The van der Waals surface area contributed by atoms with Crippen molar-refractivity contribution < 1.29 is 79.2 Å². The van der Waals surface area contributed by atoms with Gasteiger partial charge in [-0.25, -0.2) is 0 Å². The number of benzene rings is 2. The third-order valence-corrected chi connectivity index (χ3v) is 7.52. The van der Waals surface area contributed by atoms with E-state index >= 15 is 0 Å². The van der Waals surface area contributed by atoms with Gasteiger partial charge >= 0.3 is 0 Å². The fourth-order valence-corrected chi connectivity index (χ4v) is 5.04. The molecule has 2 aliphatic rings. The second-order valence-electron chi connectivity index (χ2n) is 10.4. The standard InChI is InChI=1S/C28H32O17/c1-40-13-4-9(2-3-12(13)42-27-23(38)21(36)18(33)15(7-29)43-27)25-26(20(35)17-11(32)5-10(31)6-14(17)41-25)45-28-24(39)22(37)19(34)16(8-30)44-28/h2-6,15-16,18-19,21-24,27-34,36-39H,7-8H2,1H3/t15-,16-,18+,19+,21+,22+,23-,24+,27+,28-/m0/s1. The maximum atomic E-state index is 13.7. The van der Waals surface area contributed by atoms with Crippen molar-refractivity contribution in [2.75, 3.05) is 20.3 Å². The average molecular weight is 641 g/mol. The molecule has 45 heavy (non-hydrogen) atoms. The van der Waals surface area contributed by atoms with Gasteiger partial charge in [0, 0.05) is 17.7 Å². The number of rotatable bonds is 8. The minimum absolute atomic E-state index is 0.0504. The van der Waals surface area contributed by atoms with Gasteiger partial charge < -0.3 is 79.2 Å². The van der Waals surface area contributed by atoms with Gasteiger partial charge in [0.2, 0.25) is 23.8 Å². The van der Waals surface area contributed by atoms with Crippen LogP contribution >= 0.6 is 0 Å². The number of hydrogen-bond acceptors (Lipinski definition) is 17. The summed E-state index contributed by atoms with van der Waals surface area (Å²) in [5, 5.41) is 100.